The van der Waals surface area contributed by atoms with E-state index < -0.39 is 0 Å². The average molecular weight is 406 g/mol. The van der Waals surface area contributed by atoms with Crippen molar-refractivity contribution in [3.05, 3.63) is 71.0 Å². The molecule has 0 radical (unpaired) electrons. The second kappa shape index (κ2) is 10.2. The van der Waals surface area contributed by atoms with Gasteiger partial charge in [-0.05, 0) is 54.7 Å². The number of Topliss-reactive ketones (excluding diaryl/α,β-unsaturated/α-hetero) is 1. The van der Waals surface area contributed by atoms with Crippen LogP contribution in [0.4, 0.5) is 4.39 Å². The average Bonchev–Trinajstić information content (AvgIpc) is 2.78. The number of ketones is 1. The molecule has 0 aromatic heterocycles. The van der Waals surface area contributed by atoms with E-state index in [-0.39, 0.29) is 22.9 Å². The fourth-order valence-corrected chi connectivity index (χ4v) is 4.04. The van der Waals surface area contributed by atoms with Crippen LogP contribution in [-0.2, 0) is 4.79 Å². The smallest absolute Gasteiger partial charge is 0.251 e. The van der Waals surface area contributed by atoms with Crippen LogP contribution < -0.4 is 5.32 Å². The monoisotopic (exact) mass is 405 g/mol. The molecule has 156 valence electrons. The fourth-order valence-electron chi connectivity index (χ4n) is 4.04. The molecular weight excluding hydrogens is 377 g/mol. The molecule has 0 spiro atoms. The van der Waals surface area contributed by atoms with Crippen molar-refractivity contribution in [2.75, 3.05) is 6.54 Å². The largest absolute Gasteiger partial charge is 0.351 e. The molecule has 0 aliphatic heterocycles. The SMILES string of the molecule is CCC(=O)CC1(CNC(=O)c2ccc(C#Cc3ccccc3F)cc2)CCCCC1. The Kier molecular flexibility index (Phi) is 7.41. The van der Waals surface area contributed by atoms with Crippen LogP contribution in [0.1, 0.15) is 73.4 Å². The zero-order valence-electron chi connectivity index (χ0n) is 17.5. The summed E-state index contributed by atoms with van der Waals surface area (Å²) in [5, 5.41) is 3.05. The van der Waals surface area contributed by atoms with Crippen LogP contribution in [0, 0.1) is 23.1 Å². The highest BCUT2D eigenvalue weighted by Crippen LogP contribution is 2.39. The minimum atomic E-state index is -0.348. The third kappa shape index (κ3) is 5.79. The summed E-state index contributed by atoms with van der Waals surface area (Å²) in [4.78, 5) is 24.7. The zero-order chi connectivity index (χ0) is 21.4. The maximum Gasteiger partial charge on any atom is 0.251 e. The molecule has 0 atom stereocenters. The summed E-state index contributed by atoms with van der Waals surface area (Å²) in [5.74, 6) is 5.52. The fraction of sp³-hybridized carbons (Fsp3) is 0.385. The Hall–Kier alpha value is -2.93. The number of carbonyl (C=O) groups is 2. The number of nitrogens with one attached hydrogen (secondary N) is 1. The number of halogens is 1. The van der Waals surface area contributed by atoms with E-state index in [1.54, 1.807) is 42.5 Å². The number of carbonyl (C=O) groups excluding carboxylic acids is 2. The normalized spacial score (nSPS) is 15.0. The van der Waals surface area contributed by atoms with Crippen molar-refractivity contribution in [3.63, 3.8) is 0 Å². The molecule has 1 aliphatic rings. The van der Waals surface area contributed by atoms with Gasteiger partial charge in [-0.2, -0.15) is 0 Å². The van der Waals surface area contributed by atoms with Gasteiger partial charge < -0.3 is 5.32 Å². The van der Waals surface area contributed by atoms with Crippen LogP contribution in [0.2, 0.25) is 0 Å². The van der Waals surface area contributed by atoms with Crippen LogP contribution in [-0.4, -0.2) is 18.2 Å². The van der Waals surface area contributed by atoms with Gasteiger partial charge in [-0.15, -0.1) is 0 Å². The van der Waals surface area contributed by atoms with Crippen molar-refractivity contribution in [2.45, 2.75) is 51.9 Å². The minimum Gasteiger partial charge on any atom is -0.351 e. The molecule has 30 heavy (non-hydrogen) atoms. The Morgan fingerprint density at radius 1 is 1.00 bits per heavy atom. The molecule has 2 aromatic rings. The number of benzene rings is 2. The zero-order valence-corrected chi connectivity index (χ0v) is 17.5. The second-order valence-corrected chi connectivity index (χ2v) is 8.12. The van der Waals surface area contributed by atoms with Crippen molar-refractivity contribution in [1.82, 2.24) is 5.32 Å². The molecule has 0 heterocycles. The van der Waals surface area contributed by atoms with Gasteiger partial charge in [0.05, 0.1) is 5.56 Å². The molecular formula is C26H28FNO2. The van der Waals surface area contributed by atoms with Crippen molar-refractivity contribution >= 4 is 11.7 Å². The summed E-state index contributed by atoms with van der Waals surface area (Å²) in [6.07, 6.45) is 6.50. The van der Waals surface area contributed by atoms with Crippen LogP contribution >= 0.6 is 0 Å². The molecule has 1 aliphatic carbocycles. The Morgan fingerprint density at radius 2 is 1.70 bits per heavy atom. The van der Waals surface area contributed by atoms with Crippen molar-refractivity contribution in [1.29, 1.82) is 0 Å². The van der Waals surface area contributed by atoms with Crippen molar-refractivity contribution < 1.29 is 14.0 Å². The van der Waals surface area contributed by atoms with Crippen LogP contribution in [0.3, 0.4) is 0 Å². The third-order valence-corrected chi connectivity index (χ3v) is 5.87. The minimum absolute atomic E-state index is 0.105. The summed E-state index contributed by atoms with van der Waals surface area (Å²) in [6, 6.07) is 13.4. The van der Waals surface area contributed by atoms with E-state index in [9.17, 15) is 14.0 Å². The predicted molar refractivity (Wildman–Crippen MR) is 117 cm³/mol. The first kappa shape index (κ1) is 21.8. The van der Waals surface area contributed by atoms with E-state index in [0.717, 1.165) is 25.7 Å². The molecule has 3 nitrogen and oxygen atoms in total. The van der Waals surface area contributed by atoms with Gasteiger partial charge in [0.1, 0.15) is 11.6 Å². The maximum atomic E-state index is 13.7. The Labute approximate surface area is 178 Å². The quantitative estimate of drug-likeness (QED) is 0.665. The first-order chi connectivity index (χ1) is 14.5. The Morgan fingerprint density at radius 3 is 2.37 bits per heavy atom. The van der Waals surface area contributed by atoms with Crippen LogP contribution in [0.25, 0.3) is 0 Å². The first-order valence-corrected chi connectivity index (χ1v) is 10.7. The lowest BCUT2D eigenvalue weighted by Crippen LogP contribution is -2.40. The van der Waals surface area contributed by atoms with Gasteiger partial charge in [0, 0.05) is 30.5 Å². The van der Waals surface area contributed by atoms with E-state index in [0.29, 0.717) is 36.1 Å². The summed E-state index contributed by atoms with van der Waals surface area (Å²) >= 11 is 0. The number of rotatable bonds is 6. The molecule has 0 unspecified atom stereocenters. The number of hydrogen-bond donors (Lipinski definition) is 1. The summed E-state index contributed by atoms with van der Waals surface area (Å²) in [5.41, 5.74) is 1.51. The highest BCUT2D eigenvalue weighted by molar-refractivity contribution is 5.94. The molecule has 1 N–H and O–H groups in total. The Balaban J connectivity index is 1.63. The van der Waals surface area contributed by atoms with Gasteiger partial charge >= 0.3 is 0 Å². The van der Waals surface area contributed by atoms with Crippen LogP contribution in [0.5, 0.6) is 0 Å². The molecule has 1 amide bonds. The maximum absolute atomic E-state index is 13.7. The lowest BCUT2D eigenvalue weighted by atomic mass is 9.70. The van der Waals surface area contributed by atoms with Crippen molar-refractivity contribution in [3.8, 4) is 11.8 Å². The van der Waals surface area contributed by atoms with Gasteiger partial charge in [-0.25, -0.2) is 4.39 Å². The van der Waals surface area contributed by atoms with Crippen LogP contribution in [0.15, 0.2) is 48.5 Å². The lowest BCUT2D eigenvalue weighted by molar-refractivity contribution is -0.121. The van der Waals surface area contributed by atoms with Gasteiger partial charge in [0.25, 0.3) is 5.91 Å². The van der Waals surface area contributed by atoms with E-state index >= 15 is 0 Å². The number of hydrogen-bond acceptors (Lipinski definition) is 2. The number of amides is 1. The standard InChI is InChI=1S/C26H28FNO2/c1-2-23(29)18-26(16-6-3-7-17-26)19-28-25(30)22-14-11-20(12-15-22)10-13-21-8-4-5-9-24(21)27/h4-5,8-9,11-12,14-15H,2-3,6-7,16-19H2,1H3,(H,28,30). The third-order valence-electron chi connectivity index (χ3n) is 5.87. The summed E-state index contributed by atoms with van der Waals surface area (Å²) in [6.45, 7) is 2.43. The van der Waals surface area contributed by atoms with Crippen molar-refractivity contribution in [2.24, 2.45) is 5.41 Å². The van der Waals surface area contributed by atoms with E-state index in [1.165, 1.54) is 12.5 Å². The molecule has 1 saturated carbocycles. The second-order valence-electron chi connectivity index (χ2n) is 8.12. The van der Waals surface area contributed by atoms with E-state index in [4.69, 9.17) is 0 Å². The molecule has 2 aromatic carbocycles. The summed E-state index contributed by atoms with van der Waals surface area (Å²) in [7, 11) is 0. The molecule has 0 saturated heterocycles. The lowest BCUT2D eigenvalue weighted by Gasteiger charge is -2.37. The first-order valence-electron chi connectivity index (χ1n) is 10.7. The van der Waals surface area contributed by atoms with E-state index in [1.807, 2.05) is 6.92 Å². The van der Waals surface area contributed by atoms with Gasteiger partial charge in [0.2, 0.25) is 0 Å². The van der Waals surface area contributed by atoms with E-state index in [2.05, 4.69) is 17.2 Å². The predicted octanol–water partition coefficient (Wildman–Crippen LogP) is 5.28. The van der Waals surface area contributed by atoms with Gasteiger partial charge in [0.15, 0.2) is 0 Å². The van der Waals surface area contributed by atoms with Gasteiger partial charge in [-0.1, -0.05) is 50.2 Å². The molecule has 0 bridgehead atoms. The molecule has 1 fully saturated rings. The van der Waals surface area contributed by atoms with Gasteiger partial charge in [-0.3, -0.25) is 9.59 Å². The highest BCUT2D eigenvalue weighted by Gasteiger charge is 2.34. The topological polar surface area (TPSA) is 46.2 Å². The Bertz CT molecular complexity index is 947. The molecule has 3 rings (SSSR count). The highest BCUT2D eigenvalue weighted by atomic mass is 19.1. The molecule has 4 heteroatoms. The summed E-state index contributed by atoms with van der Waals surface area (Å²) < 4.78 is 13.7.